The van der Waals surface area contributed by atoms with E-state index in [2.05, 4.69) is 36.2 Å². The van der Waals surface area contributed by atoms with E-state index in [0.29, 0.717) is 16.8 Å². The minimum atomic E-state index is -0.957. The van der Waals surface area contributed by atoms with Gasteiger partial charge in [0.15, 0.2) is 11.5 Å². The lowest BCUT2D eigenvalue weighted by Crippen LogP contribution is -2.49. The third-order valence-corrected chi connectivity index (χ3v) is 4.71. The smallest absolute Gasteiger partial charge is 0.305 e. The highest BCUT2D eigenvalue weighted by Gasteiger charge is 2.24. The van der Waals surface area contributed by atoms with Crippen LogP contribution in [0, 0.1) is 11.8 Å². The van der Waals surface area contributed by atoms with Crippen molar-refractivity contribution in [2.75, 3.05) is 27.7 Å². The molecule has 166 valence electrons. The first-order valence-electron chi connectivity index (χ1n) is 10.7. The second kappa shape index (κ2) is 11.4. The van der Waals surface area contributed by atoms with E-state index in [1.54, 1.807) is 12.1 Å². The van der Waals surface area contributed by atoms with Crippen molar-refractivity contribution in [3.8, 4) is 11.8 Å². The zero-order valence-corrected chi connectivity index (χ0v) is 18.9. The van der Waals surface area contributed by atoms with Gasteiger partial charge < -0.3 is 19.3 Å². The maximum Gasteiger partial charge on any atom is 0.305 e. The van der Waals surface area contributed by atoms with Crippen molar-refractivity contribution in [1.82, 2.24) is 5.32 Å². The number of carboxylic acid groups (broad SMARTS) is 1. The number of furan rings is 1. The van der Waals surface area contributed by atoms with Gasteiger partial charge in [0, 0.05) is 5.56 Å². The Morgan fingerprint density at radius 2 is 1.77 bits per heavy atom. The van der Waals surface area contributed by atoms with Crippen molar-refractivity contribution >= 4 is 11.9 Å². The molecule has 6 nitrogen and oxygen atoms in total. The number of quaternary nitrogens is 1. The third-order valence-electron chi connectivity index (χ3n) is 4.71. The fourth-order valence-corrected chi connectivity index (χ4v) is 3.28. The molecule has 0 aliphatic carbocycles. The van der Waals surface area contributed by atoms with Crippen molar-refractivity contribution in [2.24, 2.45) is 0 Å². The highest BCUT2D eigenvalue weighted by atomic mass is 16.4. The molecule has 0 bridgehead atoms. The van der Waals surface area contributed by atoms with Gasteiger partial charge in [0.25, 0.3) is 5.91 Å². The zero-order chi connectivity index (χ0) is 22.9. The van der Waals surface area contributed by atoms with Gasteiger partial charge in [-0.2, -0.15) is 0 Å². The van der Waals surface area contributed by atoms with Crippen LogP contribution in [0.5, 0.6) is 0 Å². The zero-order valence-electron chi connectivity index (χ0n) is 18.9. The highest BCUT2D eigenvalue weighted by Crippen LogP contribution is 2.11. The first-order chi connectivity index (χ1) is 14.7. The van der Waals surface area contributed by atoms with Gasteiger partial charge in [-0.25, -0.2) is 0 Å². The lowest BCUT2D eigenvalue weighted by atomic mass is 10.1. The Labute approximate surface area is 184 Å². The van der Waals surface area contributed by atoms with Crippen molar-refractivity contribution in [3.63, 3.8) is 0 Å². The fourth-order valence-electron chi connectivity index (χ4n) is 3.28. The van der Waals surface area contributed by atoms with Crippen molar-refractivity contribution in [1.29, 1.82) is 0 Å². The lowest BCUT2D eigenvalue weighted by molar-refractivity contribution is -0.871. The second-order valence-electron chi connectivity index (χ2n) is 8.81. The molecule has 1 aromatic carbocycles. The van der Waals surface area contributed by atoms with Gasteiger partial charge in [-0.15, -0.1) is 0 Å². The molecule has 0 saturated heterocycles. The van der Waals surface area contributed by atoms with Crippen LogP contribution in [0.25, 0.3) is 0 Å². The Hall–Kier alpha value is -3.04. The standard InChI is InChI=1S/C25H32N2O4/c1-5-6-7-8-19-9-11-20(12-10-19)13-14-22-15-16-23(31-22)25(30)26-21(17-24(28)29)18-27(2,3)4/h9-12,15-16,21H,5-8,17-18H2,1-4H3,(H-,26,28,29,30)/p+1. The van der Waals surface area contributed by atoms with Crippen LogP contribution >= 0.6 is 0 Å². The summed E-state index contributed by atoms with van der Waals surface area (Å²) >= 11 is 0. The molecular weight excluding hydrogens is 392 g/mol. The van der Waals surface area contributed by atoms with E-state index in [0.717, 1.165) is 12.0 Å². The van der Waals surface area contributed by atoms with E-state index in [1.165, 1.54) is 24.8 Å². The Kier molecular flexibility index (Phi) is 8.89. The minimum absolute atomic E-state index is 0.118. The topological polar surface area (TPSA) is 79.5 Å². The summed E-state index contributed by atoms with van der Waals surface area (Å²) in [4.78, 5) is 23.6. The molecule has 1 atom stereocenters. The summed E-state index contributed by atoms with van der Waals surface area (Å²) in [6, 6.07) is 10.9. The summed E-state index contributed by atoms with van der Waals surface area (Å²) in [5.41, 5.74) is 2.19. The number of unbranched alkanes of at least 4 members (excludes halogenated alkanes) is 2. The van der Waals surface area contributed by atoms with Gasteiger partial charge in [0.2, 0.25) is 0 Å². The lowest BCUT2D eigenvalue weighted by Gasteiger charge is -2.28. The maximum atomic E-state index is 12.5. The summed E-state index contributed by atoms with van der Waals surface area (Å²) < 4.78 is 6.09. The van der Waals surface area contributed by atoms with Gasteiger partial charge in [0.05, 0.1) is 40.2 Å². The van der Waals surface area contributed by atoms with Gasteiger partial charge >= 0.3 is 5.97 Å². The number of carboxylic acids is 1. The van der Waals surface area contributed by atoms with E-state index < -0.39 is 17.9 Å². The summed E-state index contributed by atoms with van der Waals surface area (Å²) in [7, 11) is 5.83. The first kappa shape index (κ1) is 24.2. The normalized spacial score (nSPS) is 12.0. The van der Waals surface area contributed by atoms with E-state index >= 15 is 0 Å². The van der Waals surface area contributed by atoms with Crippen LogP contribution in [0.1, 0.15) is 60.0 Å². The Bertz CT molecular complexity index is 927. The van der Waals surface area contributed by atoms with Crippen LogP contribution in [0.4, 0.5) is 0 Å². The quantitative estimate of drug-likeness (QED) is 0.346. The molecule has 1 aromatic heterocycles. The van der Waals surface area contributed by atoms with E-state index in [-0.39, 0.29) is 12.2 Å². The number of rotatable bonds is 10. The summed E-state index contributed by atoms with van der Waals surface area (Å²) in [6.07, 6.45) is 4.57. The molecule has 0 saturated carbocycles. The number of carbonyl (C=O) groups is 2. The maximum absolute atomic E-state index is 12.5. The molecule has 2 N–H and O–H groups in total. The number of amides is 1. The Morgan fingerprint density at radius 3 is 2.39 bits per heavy atom. The second-order valence-corrected chi connectivity index (χ2v) is 8.81. The van der Waals surface area contributed by atoms with Gasteiger partial charge in [-0.3, -0.25) is 9.59 Å². The summed E-state index contributed by atoms with van der Waals surface area (Å²) in [5, 5.41) is 11.9. The molecule has 2 aromatic rings. The highest BCUT2D eigenvalue weighted by molar-refractivity contribution is 5.92. The van der Waals surface area contributed by atoms with E-state index in [1.807, 2.05) is 33.3 Å². The van der Waals surface area contributed by atoms with Gasteiger partial charge in [-0.05, 0) is 48.6 Å². The number of hydrogen-bond acceptors (Lipinski definition) is 3. The summed E-state index contributed by atoms with van der Waals surface area (Å²) in [5.74, 6) is 5.10. The number of carbonyl (C=O) groups excluding carboxylic acids is 1. The molecule has 1 amide bonds. The molecule has 31 heavy (non-hydrogen) atoms. The molecule has 6 heteroatoms. The molecule has 0 aliphatic heterocycles. The molecule has 0 spiro atoms. The van der Waals surface area contributed by atoms with Crippen LogP contribution in [0.3, 0.4) is 0 Å². The molecule has 0 fully saturated rings. The molecule has 1 unspecified atom stereocenters. The molecular formula is C25H33N2O4+. The van der Waals surface area contributed by atoms with Gasteiger partial charge in [-0.1, -0.05) is 37.8 Å². The van der Waals surface area contributed by atoms with E-state index in [4.69, 9.17) is 9.52 Å². The van der Waals surface area contributed by atoms with Crippen molar-refractivity contribution in [3.05, 3.63) is 59.0 Å². The fraction of sp³-hybridized carbons (Fsp3) is 0.440. The van der Waals surface area contributed by atoms with E-state index in [9.17, 15) is 9.59 Å². The van der Waals surface area contributed by atoms with Crippen LogP contribution in [0.2, 0.25) is 0 Å². The van der Waals surface area contributed by atoms with Crippen LogP contribution in [-0.2, 0) is 11.2 Å². The summed E-state index contributed by atoms with van der Waals surface area (Å²) in [6.45, 7) is 2.68. The van der Waals surface area contributed by atoms with Crippen LogP contribution in [-0.4, -0.2) is 55.2 Å². The van der Waals surface area contributed by atoms with Gasteiger partial charge in [0.1, 0.15) is 0 Å². The number of nitrogens with zero attached hydrogens (tertiary/aromatic N) is 1. The number of aryl methyl sites for hydroxylation is 1. The number of aliphatic carboxylic acids is 1. The largest absolute Gasteiger partial charge is 0.481 e. The number of likely N-dealkylation sites (N-methyl/N-ethyl adjacent to an activating group) is 1. The van der Waals surface area contributed by atoms with Crippen LogP contribution < -0.4 is 5.32 Å². The predicted molar refractivity (Wildman–Crippen MR) is 121 cm³/mol. The SMILES string of the molecule is CCCCCc1ccc(C#Cc2ccc(C(=O)NC(CC(=O)O)C[N+](C)(C)C)o2)cc1. The molecule has 1 heterocycles. The van der Waals surface area contributed by atoms with Crippen molar-refractivity contribution in [2.45, 2.75) is 45.1 Å². The average Bonchev–Trinajstić information content (AvgIpc) is 3.15. The number of benzene rings is 1. The van der Waals surface area contributed by atoms with Crippen molar-refractivity contribution < 1.29 is 23.6 Å². The minimum Gasteiger partial charge on any atom is -0.481 e. The Balaban J connectivity index is 1.99. The van der Waals surface area contributed by atoms with Crippen LogP contribution in [0.15, 0.2) is 40.8 Å². The molecule has 2 rings (SSSR count). The monoisotopic (exact) mass is 425 g/mol. The Morgan fingerprint density at radius 1 is 1.06 bits per heavy atom. The number of hydrogen-bond donors (Lipinski definition) is 2. The molecule has 0 radical (unpaired) electrons. The third kappa shape index (κ3) is 9.10. The predicted octanol–water partition coefficient (Wildman–Crippen LogP) is 3.69. The average molecular weight is 426 g/mol. The first-order valence-corrected chi connectivity index (χ1v) is 10.7. The number of nitrogens with one attached hydrogen (secondary N) is 1. The molecule has 0 aliphatic rings.